The smallest absolute Gasteiger partial charge is 0.0647 e. The summed E-state index contributed by atoms with van der Waals surface area (Å²) in [6.45, 7) is 14.9. The van der Waals surface area contributed by atoms with Crippen molar-refractivity contribution in [3.8, 4) is 0 Å². The topological polar surface area (TPSA) is 20.2 Å². The van der Waals surface area contributed by atoms with E-state index in [0.717, 1.165) is 64.2 Å². The van der Waals surface area contributed by atoms with Gasteiger partial charge in [-0.15, -0.1) is 0 Å². The lowest BCUT2D eigenvalue weighted by Gasteiger charge is -2.49. The van der Waals surface area contributed by atoms with Crippen LogP contribution in [-0.2, 0) is 0 Å². The second-order valence-electron chi connectivity index (χ2n) is 10.4. The molecule has 31 heavy (non-hydrogen) atoms. The van der Waals surface area contributed by atoms with Crippen molar-refractivity contribution in [3.05, 3.63) is 60.8 Å². The Hall–Kier alpha value is -1.34. The van der Waals surface area contributed by atoms with Crippen molar-refractivity contribution in [2.45, 2.75) is 118 Å². The van der Waals surface area contributed by atoms with Crippen molar-refractivity contribution in [3.63, 3.8) is 0 Å². The minimum absolute atomic E-state index is 0.0888. The van der Waals surface area contributed by atoms with Crippen LogP contribution in [0.1, 0.15) is 113 Å². The van der Waals surface area contributed by atoms with Crippen LogP contribution in [0.15, 0.2) is 60.8 Å². The molecule has 1 nitrogen and oxygen atoms in total. The van der Waals surface area contributed by atoms with Crippen molar-refractivity contribution in [1.82, 2.24) is 0 Å². The van der Waals surface area contributed by atoms with Crippen LogP contribution in [0.5, 0.6) is 0 Å². The Kier molecular flexibility index (Phi) is 15.6. The van der Waals surface area contributed by atoms with Gasteiger partial charge < -0.3 is 5.11 Å². The molecule has 0 aromatic carbocycles. The van der Waals surface area contributed by atoms with E-state index in [4.69, 9.17) is 0 Å². The van der Waals surface area contributed by atoms with Crippen LogP contribution in [0, 0.1) is 10.8 Å². The standard InChI is InChI=1S/C30H52O/c1-8-9-10-11-12-13-14-15-16-17-18-19-20-21-22-23-24-25-26-27-28(2,3)29(4,5)30(6,7)31/h8-9,12-13,16-17,20-21,24-25,31H,10-11,14-15,18-19,22-23,26-27H2,1-7H3. The van der Waals surface area contributed by atoms with Gasteiger partial charge in [0.25, 0.3) is 0 Å². The molecule has 0 saturated carbocycles. The number of rotatable bonds is 17. The van der Waals surface area contributed by atoms with Crippen LogP contribution >= 0.6 is 0 Å². The maximum atomic E-state index is 10.5. The fourth-order valence-electron chi connectivity index (χ4n) is 3.46. The van der Waals surface area contributed by atoms with Crippen molar-refractivity contribution in [1.29, 1.82) is 0 Å². The fraction of sp³-hybridized carbons (Fsp3) is 0.667. The van der Waals surface area contributed by atoms with Crippen LogP contribution < -0.4 is 0 Å². The number of hydrogen-bond donors (Lipinski definition) is 1. The fourth-order valence-corrected chi connectivity index (χ4v) is 3.46. The summed E-state index contributed by atoms with van der Waals surface area (Å²) in [6, 6.07) is 0. The summed E-state index contributed by atoms with van der Waals surface area (Å²) in [5.41, 5.74) is -0.720. The zero-order valence-corrected chi connectivity index (χ0v) is 21.8. The zero-order chi connectivity index (χ0) is 23.6. The molecule has 0 aliphatic rings. The van der Waals surface area contributed by atoms with Gasteiger partial charge in [0.05, 0.1) is 5.60 Å². The summed E-state index contributed by atoms with van der Waals surface area (Å²) in [5, 5.41) is 10.5. The SMILES string of the molecule is CC=CCCC=CCCC=CCCC=CCCC=CCCC(C)(C)C(C)(C)C(C)(C)O. The van der Waals surface area contributed by atoms with Gasteiger partial charge in [0.15, 0.2) is 0 Å². The largest absolute Gasteiger partial charge is 0.390 e. The predicted molar refractivity (Wildman–Crippen MR) is 141 cm³/mol. The van der Waals surface area contributed by atoms with Crippen molar-refractivity contribution < 1.29 is 5.11 Å². The van der Waals surface area contributed by atoms with Gasteiger partial charge >= 0.3 is 0 Å². The Bertz CT molecular complexity index is 576. The first-order valence-corrected chi connectivity index (χ1v) is 12.5. The van der Waals surface area contributed by atoms with E-state index in [0.29, 0.717) is 0 Å². The van der Waals surface area contributed by atoms with Gasteiger partial charge in [-0.2, -0.15) is 0 Å². The summed E-state index contributed by atoms with van der Waals surface area (Å²) < 4.78 is 0. The first kappa shape index (κ1) is 29.7. The maximum Gasteiger partial charge on any atom is 0.0647 e. The van der Waals surface area contributed by atoms with Gasteiger partial charge in [-0.05, 0) is 95.8 Å². The van der Waals surface area contributed by atoms with Crippen LogP contribution in [0.25, 0.3) is 0 Å². The van der Waals surface area contributed by atoms with Crippen LogP contribution in [-0.4, -0.2) is 10.7 Å². The maximum absolute atomic E-state index is 10.5. The Balaban J connectivity index is 3.80. The summed E-state index contributed by atoms with van der Waals surface area (Å²) in [6.07, 6.45) is 34.1. The molecule has 0 fully saturated rings. The average Bonchev–Trinajstić information content (AvgIpc) is 2.68. The molecule has 0 radical (unpaired) electrons. The van der Waals surface area contributed by atoms with E-state index in [1.165, 1.54) is 0 Å². The lowest BCUT2D eigenvalue weighted by Crippen LogP contribution is -2.49. The molecule has 0 heterocycles. The number of hydrogen-bond acceptors (Lipinski definition) is 1. The normalized spacial score (nSPS) is 14.5. The van der Waals surface area contributed by atoms with E-state index in [1.807, 2.05) is 13.8 Å². The van der Waals surface area contributed by atoms with E-state index in [1.54, 1.807) is 0 Å². The van der Waals surface area contributed by atoms with Crippen LogP contribution in [0.3, 0.4) is 0 Å². The Labute approximate surface area is 195 Å². The molecule has 0 aliphatic heterocycles. The van der Waals surface area contributed by atoms with Crippen molar-refractivity contribution >= 4 is 0 Å². The summed E-state index contributed by atoms with van der Waals surface area (Å²) >= 11 is 0. The third kappa shape index (κ3) is 13.6. The summed E-state index contributed by atoms with van der Waals surface area (Å²) in [5.74, 6) is 0. The van der Waals surface area contributed by atoms with E-state index in [2.05, 4.69) is 95.4 Å². The predicted octanol–water partition coefficient (Wildman–Crippen LogP) is 9.51. The Morgan fingerprint density at radius 3 is 1.06 bits per heavy atom. The minimum Gasteiger partial charge on any atom is -0.390 e. The molecule has 0 aromatic rings. The quantitative estimate of drug-likeness (QED) is 0.181. The highest BCUT2D eigenvalue weighted by Gasteiger charge is 2.46. The van der Waals surface area contributed by atoms with E-state index in [-0.39, 0.29) is 10.8 Å². The van der Waals surface area contributed by atoms with Crippen molar-refractivity contribution in [2.24, 2.45) is 10.8 Å². The van der Waals surface area contributed by atoms with Crippen LogP contribution in [0.2, 0.25) is 0 Å². The third-order valence-electron chi connectivity index (χ3n) is 7.06. The molecule has 0 bridgehead atoms. The Morgan fingerprint density at radius 2 is 0.774 bits per heavy atom. The zero-order valence-electron chi connectivity index (χ0n) is 21.8. The molecule has 178 valence electrons. The van der Waals surface area contributed by atoms with E-state index < -0.39 is 5.60 Å². The second-order valence-corrected chi connectivity index (χ2v) is 10.4. The van der Waals surface area contributed by atoms with Crippen molar-refractivity contribution in [2.75, 3.05) is 0 Å². The monoisotopic (exact) mass is 428 g/mol. The van der Waals surface area contributed by atoms with E-state index in [9.17, 15) is 5.11 Å². The molecule has 1 N–H and O–H groups in total. The molecule has 0 aromatic heterocycles. The van der Waals surface area contributed by atoms with Gasteiger partial charge in [0.2, 0.25) is 0 Å². The number of aliphatic hydroxyl groups is 1. The highest BCUT2D eigenvalue weighted by molar-refractivity contribution is 4.98. The molecule has 0 saturated heterocycles. The molecule has 0 aliphatic carbocycles. The lowest BCUT2D eigenvalue weighted by atomic mass is 9.58. The third-order valence-corrected chi connectivity index (χ3v) is 7.06. The molecule has 0 rings (SSSR count). The Morgan fingerprint density at radius 1 is 0.484 bits per heavy atom. The number of unbranched alkanes of at least 4 members (excludes halogenated alkanes) is 4. The molecule has 0 amide bonds. The number of allylic oxidation sites excluding steroid dienone is 10. The first-order chi connectivity index (χ1) is 14.6. The van der Waals surface area contributed by atoms with Gasteiger partial charge in [0, 0.05) is 0 Å². The van der Waals surface area contributed by atoms with Gasteiger partial charge in [-0.25, -0.2) is 0 Å². The average molecular weight is 429 g/mol. The lowest BCUT2D eigenvalue weighted by molar-refractivity contribution is -0.103. The minimum atomic E-state index is -0.677. The highest BCUT2D eigenvalue weighted by atomic mass is 16.3. The van der Waals surface area contributed by atoms with Gasteiger partial charge in [-0.1, -0.05) is 88.5 Å². The molecule has 0 atom stereocenters. The molecule has 0 spiro atoms. The van der Waals surface area contributed by atoms with Crippen LogP contribution in [0.4, 0.5) is 0 Å². The second kappa shape index (κ2) is 16.3. The van der Waals surface area contributed by atoms with Gasteiger partial charge in [-0.3, -0.25) is 0 Å². The highest BCUT2D eigenvalue weighted by Crippen LogP contribution is 2.49. The summed E-state index contributed by atoms with van der Waals surface area (Å²) in [4.78, 5) is 0. The van der Waals surface area contributed by atoms with Gasteiger partial charge in [0.1, 0.15) is 0 Å². The molecular weight excluding hydrogens is 376 g/mol. The first-order valence-electron chi connectivity index (χ1n) is 12.5. The van der Waals surface area contributed by atoms with E-state index >= 15 is 0 Å². The summed E-state index contributed by atoms with van der Waals surface area (Å²) in [7, 11) is 0. The molecule has 0 unspecified atom stereocenters. The molecular formula is C30H52O. The molecule has 1 heteroatoms.